The van der Waals surface area contributed by atoms with E-state index in [2.05, 4.69) is 5.16 Å². The van der Waals surface area contributed by atoms with Gasteiger partial charge in [0.05, 0.1) is 0 Å². The summed E-state index contributed by atoms with van der Waals surface area (Å²) in [6, 6.07) is 5.69. The number of aliphatic hydroxyl groups excluding tert-OH is 1. The van der Waals surface area contributed by atoms with Crippen LogP contribution in [-0.4, -0.2) is 34.2 Å². The number of amides is 1. The van der Waals surface area contributed by atoms with Gasteiger partial charge in [-0.2, -0.15) is 0 Å². The third kappa shape index (κ3) is 2.62. The molecule has 22 heavy (non-hydrogen) atoms. The lowest BCUT2D eigenvalue weighted by atomic mass is 10.0. The van der Waals surface area contributed by atoms with Crippen molar-refractivity contribution in [1.29, 1.82) is 0 Å². The van der Waals surface area contributed by atoms with Crippen LogP contribution in [0.5, 0.6) is 0 Å². The van der Waals surface area contributed by atoms with Crippen molar-refractivity contribution in [1.82, 2.24) is 10.1 Å². The second kappa shape index (κ2) is 5.88. The van der Waals surface area contributed by atoms with Gasteiger partial charge in [0.15, 0.2) is 5.76 Å². The Morgan fingerprint density at radius 1 is 1.32 bits per heavy atom. The summed E-state index contributed by atoms with van der Waals surface area (Å²) in [6.45, 7) is 2.90. The molecule has 1 saturated heterocycles. The SMILES string of the molecule is C[C@H](O)c1onc(-c2ccc(F)cc2)c1C(=O)N1CCCC1. The highest BCUT2D eigenvalue weighted by Gasteiger charge is 2.30. The van der Waals surface area contributed by atoms with E-state index in [1.807, 2.05) is 0 Å². The van der Waals surface area contributed by atoms with Crippen LogP contribution >= 0.6 is 0 Å². The van der Waals surface area contributed by atoms with Crippen molar-refractivity contribution in [3.8, 4) is 11.3 Å². The molecule has 1 aromatic heterocycles. The largest absolute Gasteiger partial charge is 0.385 e. The third-order valence-electron chi connectivity index (χ3n) is 3.82. The number of halogens is 1. The van der Waals surface area contributed by atoms with Crippen LogP contribution in [-0.2, 0) is 0 Å². The van der Waals surface area contributed by atoms with Crippen LogP contribution in [0, 0.1) is 5.82 Å². The average Bonchev–Trinajstić information content (AvgIpc) is 3.17. The summed E-state index contributed by atoms with van der Waals surface area (Å²) in [5.41, 5.74) is 1.19. The van der Waals surface area contributed by atoms with Crippen molar-refractivity contribution >= 4 is 5.91 Å². The van der Waals surface area contributed by atoms with Gasteiger partial charge in [-0.3, -0.25) is 4.79 Å². The number of rotatable bonds is 3. The van der Waals surface area contributed by atoms with Gasteiger partial charge in [0, 0.05) is 18.7 Å². The quantitative estimate of drug-likeness (QED) is 0.947. The van der Waals surface area contributed by atoms with Crippen LogP contribution < -0.4 is 0 Å². The molecular weight excluding hydrogens is 287 g/mol. The van der Waals surface area contributed by atoms with E-state index >= 15 is 0 Å². The Morgan fingerprint density at radius 3 is 2.55 bits per heavy atom. The van der Waals surface area contributed by atoms with Gasteiger partial charge in [-0.25, -0.2) is 4.39 Å². The van der Waals surface area contributed by atoms with E-state index < -0.39 is 6.10 Å². The third-order valence-corrected chi connectivity index (χ3v) is 3.82. The molecule has 0 aliphatic carbocycles. The van der Waals surface area contributed by atoms with Crippen molar-refractivity contribution in [3.05, 3.63) is 41.4 Å². The maximum atomic E-state index is 13.1. The minimum atomic E-state index is -0.941. The van der Waals surface area contributed by atoms with Crippen LogP contribution in [0.25, 0.3) is 11.3 Å². The molecule has 6 heteroatoms. The fraction of sp³-hybridized carbons (Fsp3) is 0.375. The number of aromatic nitrogens is 1. The van der Waals surface area contributed by atoms with Crippen molar-refractivity contribution in [3.63, 3.8) is 0 Å². The number of nitrogens with zero attached hydrogens (tertiary/aromatic N) is 2. The monoisotopic (exact) mass is 304 g/mol. The number of carbonyl (C=O) groups is 1. The molecule has 0 saturated carbocycles. The van der Waals surface area contributed by atoms with Crippen molar-refractivity contribution < 1.29 is 18.8 Å². The molecule has 1 amide bonds. The second-order valence-corrected chi connectivity index (χ2v) is 5.45. The highest BCUT2D eigenvalue weighted by atomic mass is 19.1. The standard InChI is InChI=1S/C16H17FN2O3/c1-10(20)15-13(16(21)19-8-2-3-9-19)14(18-22-15)11-4-6-12(17)7-5-11/h4-7,10,20H,2-3,8-9H2,1H3/t10-/m0/s1. The van der Waals surface area contributed by atoms with Gasteiger partial charge < -0.3 is 14.5 Å². The first-order valence-electron chi connectivity index (χ1n) is 7.31. The van der Waals surface area contributed by atoms with E-state index in [-0.39, 0.29) is 23.0 Å². The summed E-state index contributed by atoms with van der Waals surface area (Å²) in [4.78, 5) is 14.5. The molecule has 1 N–H and O–H groups in total. The Kier molecular flexibility index (Phi) is 3.94. The van der Waals surface area contributed by atoms with E-state index in [1.54, 1.807) is 17.0 Å². The summed E-state index contributed by atoms with van der Waals surface area (Å²) in [5, 5.41) is 13.8. The van der Waals surface area contributed by atoms with E-state index in [0.717, 1.165) is 12.8 Å². The molecule has 2 heterocycles. The summed E-state index contributed by atoms with van der Waals surface area (Å²) in [5.74, 6) is -0.416. The van der Waals surface area contributed by atoms with Crippen molar-refractivity contribution in [2.45, 2.75) is 25.9 Å². The highest BCUT2D eigenvalue weighted by molar-refractivity contribution is 6.01. The predicted molar refractivity (Wildman–Crippen MR) is 77.7 cm³/mol. The maximum absolute atomic E-state index is 13.1. The van der Waals surface area contributed by atoms with Crippen molar-refractivity contribution in [2.24, 2.45) is 0 Å². The van der Waals surface area contributed by atoms with Crippen LogP contribution in [0.1, 0.15) is 42.0 Å². The van der Waals surface area contributed by atoms with Crippen LogP contribution in [0.15, 0.2) is 28.8 Å². The lowest BCUT2D eigenvalue weighted by Crippen LogP contribution is -2.28. The summed E-state index contributed by atoms with van der Waals surface area (Å²) in [7, 11) is 0. The van der Waals surface area contributed by atoms with Gasteiger partial charge in [-0.1, -0.05) is 5.16 Å². The van der Waals surface area contributed by atoms with Crippen LogP contribution in [0.4, 0.5) is 4.39 Å². The minimum absolute atomic E-state index is 0.149. The topological polar surface area (TPSA) is 66.6 Å². The number of hydrogen-bond donors (Lipinski definition) is 1. The summed E-state index contributed by atoms with van der Waals surface area (Å²) in [6.07, 6.45) is 0.989. The van der Waals surface area contributed by atoms with Crippen LogP contribution in [0.3, 0.4) is 0 Å². The number of hydrogen-bond acceptors (Lipinski definition) is 4. The van der Waals surface area contributed by atoms with Gasteiger partial charge in [0.2, 0.25) is 0 Å². The Labute approximate surface area is 127 Å². The lowest BCUT2D eigenvalue weighted by molar-refractivity contribution is 0.0781. The Morgan fingerprint density at radius 2 is 1.95 bits per heavy atom. The normalized spacial score (nSPS) is 16.0. The second-order valence-electron chi connectivity index (χ2n) is 5.45. The lowest BCUT2D eigenvalue weighted by Gasteiger charge is -2.16. The molecule has 0 radical (unpaired) electrons. The zero-order valence-corrected chi connectivity index (χ0v) is 12.3. The van der Waals surface area contributed by atoms with Gasteiger partial charge in [-0.15, -0.1) is 0 Å². The minimum Gasteiger partial charge on any atom is -0.385 e. The molecule has 1 fully saturated rings. The number of aliphatic hydroxyl groups is 1. The highest BCUT2D eigenvalue weighted by Crippen LogP contribution is 2.31. The molecule has 1 aliphatic heterocycles. The average molecular weight is 304 g/mol. The predicted octanol–water partition coefficient (Wildman–Crippen LogP) is 2.77. The molecule has 0 bridgehead atoms. The van der Waals surface area contributed by atoms with Gasteiger partial charge >= 0.3 is 0 Å². The van der Waals surface area contributed by atoms with Gasteiger partial charge in [0.25, 0.3) is 5.91 Å². The molecule has 5 nitrogen and oxygen atoms in total. The molecule has 1 aromatic carbocycles. The van der Waals surface area contributed by atoms with E-state index in [1.165, 1.54) is 19.1 Å². The van der Waals surface area contributed by atoms with Crippen molar-refractivity contribution in [2.75, 3.05) is 13.1 Å². The fourth-order valence-corrected chi connectivity index (χ4v) is 2.68. The Balaban J connectivity index is 2.06. The molecule has 1 aliphatic rings. The fourth-order valence-electron chi connectivity index (χ4n) is 2.68. The van der Waals surface area contributed by atoms with E-state index in [0.29, 0.717) is 24.3 Å². The summed E-state index contributed by atoms with van der Waals surface area (Å²) >= 11 is 0. The number of benzene rings is 1. The zero-order chi connectivity index (χ0) is 15.7. The van der Waals surface area contributed by atoms with E-state index in [4.69, 9.17) is 4.52 Å². The molecule has 2 aromatic rings. The Bertz CT molecular complexity index is 673. The number of carbonyl (C=O) groups excluding carboxylic acids is 1. The number of likely N-dealkylation sites (tertiary alicyclic amines) is 1. The molecule has 0 spiro atoms. The molecular formula is C16H17FN2O3. The van der Waals surface area contributed by atoms with Crippen LogP contribution in [0.2, 0.25) is 0 Å². The maximum Gasteiger partial charge on any atom is 0.259 e. The summed E-state index contributed by atoms with van der Waals surface area (Å²) < 4.78 is 18.3. The first-order chi connectivity index (χ1) is 10.6. The van der Waals surface area contributed by atoms with E-state index in [9.17, 15) is 14.3 Å². The zero-order valence-electron chi connectivity index (χ0n) is 12.3. The molecule has 116 valence electrons. The molecule has 1 atom stereocenters. The molecule has 3 rings (SSSR count). The first-order valence-corrected chi connectivity index (χ1v) is 7.31. The van der Waals surface area contributed by atoms with Gasteiger partial charge in [-0.05, 0) is 44.0 Å². The first kappa shape index (κ1) is 14.7. The van der Waals surface area contributed by atoms with Gasteiger partial charge in [0.1, 0.15) is 23.2 Å². The molecule has 0 unspecified atom stereocenters. The Hall–Kier alpha value is -2.21. The smallest absolute Gasteiger partial charge is 0.259 e.